The minimum Gasteiger partial charge on any atom is -0.333 e. The van der Waals surface area contributed by atoms with Crippen molar-refractivity contribution >= 4 is 22.4 Å². The maximum Gasteiger partial charge on any atom is 0.260 e. The highest BCUT2D eigenvalue weighted by molar-refractivity contribution is 7.19. The molecule has 5 aromatic rings. The smallest absolute Gasteiger partial charge is 0.260 e. The largest absolute Gasteiger partial charge is 0.333 e. The molecule has 0 fully saturated rings. The first kappa shape index (κ1) is 22.7. The summed E-state index contributed by atoms with van der Waals surface area (Å²) in [4.78, 5) is 23.5. The van der Waals surface area contributed by atoms with Crippen molar-refractivity contribution in [2.75, 3.05) is 5.32 Å². The molecule has 0 unspecified atom stereocenters. The van der Waals surface area contributed by atoms with Gasteiger partial charge in [0.1, 0.15) is 5.82 Å². The molecule has 1 amide bonds. The van der Waals surface area contributed by atoms with E-state index in [1.807, 2.05) is 62.0 Å². The highest BCUT2D eigenvalue weighted by atomic mass is 32.1. The van der Waals surface area contributed by atoms with Crippen LogP contribution in [0.1, 0.15) is 35.8 Å². The lowest BCUT2D eigenvalue weighted by Crippen LogP contribution is -2.15. The fraction of sp³-hybridized carbons (Fsp3) is 0.154. The van der Waals surface area contributed by atoms with Crippen LogP contribution < -0.4 is 5.32 Å². The quantitative estimate of drug-likeness (QED) is 0.324. The number of benzene rings is 2. The molecule has 0 aliphatic heterocycles. The number of carbonyl (C=O) groups excluding carboxylic acids is 1. The Balaban J connectivity index is 1.52. The number of aromatic nitrogens is 5. The Hall–Kier alpha value is -4.11. The van der Waals surface area contributed by atoms with Crippen molar-refractivity contribution in [3.63, 3.8) is 0 Å². The van der Waals surface area contributed by atoms with Crippen molar-refractivity contribution in [1.82, 2.24) is 24.3 Å². The zero-order valence-corrected chi connectivity index (χ0v) is 20.3. The van der Waals surface area contributed by atoms with E-state index in [1.54, 1.807) is 29.2 Å². The highest BCUT2D eigenvalue weighted by Gasteiger charge is 2.24. The minimum atomic E-state index is -0.327. The Morgan fingerprint density at radius 1 is 1.09 bits per heavy atom. The van der Waals surface area contributed by atoms with Gasteiger partial charge < -0.3 is 4.57 Å². The summed E-state index contributed by atoms with van der Waals surface area (Å²) in [6, 6.07) is 15.9. The first-order chi connectivity index (χ1) is 16.9. The van der Waals surface area contributed by atoms with Crippen LogP contribution in [0.3, 0.4) is 0 Å². The van der Waals surface area contributed by atoms with Crippen molar-refractivity contribution in [2.24, 2.45) is 7.05 Å². The van der Waals surface area contributed by atoms with Gasteiger partial charge in [-0.3, -0.25) is 10.1 Å². The maximum atomic E-state index is 13.4. The molecular weight excluding hydrogens is 463 g/mol. The van der Waals surface area contributed by atoms with Crippen LogP contribution in [0.4, 0.5) is 9.52 Å². The minimum absolute atomic E-state index is 0.00241. The van der Waals surface area contributed by atoms with Gasteiger partial charge in [0.25, 0.3) is 5.91 Å². The van der Waals surface area contributed by atoms with Gasteiger partial charge in [-0.1, -0.05) is 55.5 Å². The van der Waals surface area contributed by atoms with Crippen LogP contribution in [-0.4, -0.2) is 30.2 Å². The zero-order chi connectivity index (χ0) is 24.5. The number of hydrogen-bond donors (Lipinski definition) is 1. The normalized spacial score (nSPS) is 11.2. The number of halogens is 1. The number of anilines is 1. The Bertz CT molecular complexity index is 1480. The van der Waals surface area contributed by atoms with Gasteiger partial charge in [0.2, 0.25) is 0 Å². The lowest BCUT2D eigenvalue weighted by atomic mass is 10.1. The summed E-state index contributed by atoms with van der Waals surface area (Å²) >= 11 is 1.37. The number of nitrogens with zero attached hydrogens (tertiary/aromatic N) is 5. The Morgan fingerprint density at radius 3 is 2.49 bits per heavy atom. The van der Waals surface area contributed by atoms with Gasteiger partial charge in [0.15, 0.2) is 11.0 Å². The van der Waals surface area contributed by atoms with Crippen LogP contribution in [0.25, 0.3) is 27.6 Å². The van der Waals surface area contributed by atoms with Crippen molar-refractivity contribution < 1.29 is 9.18 Å². The Kier molecular flexibility index (Phi) is 6.00. The maximum absolute atomic E-state index is 13.4. The molecule has 0 radical (unpaired) electrons. The number of carbonyl (C=O) groups is 1. The Morgan fingerprint density at radius 2 is 1.83 bits per heavy atom. The molecule has 0 aliphatic rings. The zero-order valence-electron chi connectivity index (χ0n) is 19.4. The topological polar surface area (TPSA) is 77.6 Å². The van der Waals surface area contributed by atoms with Crippen molar-refractivity contribution in [2.45, 2.75) is 19.8 Å². The molecule has 3 aromatic heterocycles. The van der Waals surface area contributed by atoms with Gasteiger partial charge in [0, 0.05) is 25.0 Å². The van der Waals surface area contributed by atoms with Gasteiger partial charge in [-0.2, -0.15) is 5.10 Å². The number of rotatable bonds is 6. The second kappa shape index (κ2) is 9.27. The van der Waals surface area contributed by atoms with E-state index in [9.17, 15) is 9.18 Å². The highest BCUT2D eigenvalue weighted by Crippen LogP contribution is 2.38. The van der Waals surface area contributed by atoms with Crippen molar-refractivity contribution in [1.29, 1.82) is 0 Å². The van der Waals surface area contributed by atoms with Crippen molar-refractivity contribution in [3.8, 4) is 27.6 Å². The van der Waals surface area contributed by atoms with E-state index in [4.69, 9.17) is 4.98 Å². The number of hydrogen-bond acceptors (Lipinski definition) is 5. The molecule has 0 aliphatic carbocycles. The molecule has 2 aromatic carbocycles. The molecule has 5 rings (SSSR count). The van der Waals surface area contributed by atoms with E-state index < -0.39 is 0 Å². The third-order valence-electron chi connectivity index (χ3n) is 5.59. The summed E-state index contributed by atoms with van der Waals surface area (Å²) < 4.78 is 17.0. The van der Waals surface area contributed by atoms with E-state index in [0.29, 0.717) is 16.4 Å². The molecule has 176 valence electrons. The lowest BCUT2D eigenvalue weighted by molar-refractivity contribution is 0.102. The van der Waals surface area contributed by atoms with Gasteiger partial charge in [-0.25, -0.2) is 19.0 Å². The van der Waals surface area contributed by atoms with E-state index in [2.05, 4.69) is 15.4 Å². The number of aryl methyl sites for hydroxylation is 1. The summed E-state index contributed by atoms with van der Waals surface area (Å²) in [5.41, 5.74) is 3.56. The van der Waals surface area contributed by atoms with E-state index in [1.165, 1.54) is 23.5 Å². The predicted molar refractivity (Wildman–Crippen MR) is 135 cm³/mol. The number of nitrogens with one attached hydrogen (secondary N) is 1. The van der Waals surface area contributed by atoms with Crippen LogP contribution in [0.15, 0.2) is 73.2 Å². The lowest BCUT2D eigenvalue weighted by Gasteiger charge is -2.12. The fourth-order valence-electron chi connectivity index (χ4n) is 3.94. The molecule has 1 N–H and O–H groups in total. The molecule has 9 heteroatoms. The van der Waals surface area contributed by atoms with E-state index >= 15 is 0 Å². The van der Waals surface area contributed by atoms with Crippen LogP contribution >= 0.6 is 11.3 Å². The monoisotopic (exact) mass is 486 g/mol. The molecule has 7 nitrogen and oxygen atoms in total. The summed E-state index contributed by atoms with van der Waals surface area (Å²) in [7, 11) is 1.92. The SMILES string of the molecule is CC(C)c1c(C(=O)Nc2nc(-c3ccccc3)c(-c3nccn3C)s2)cnn1-c1ccc(F)cc1. The molecular formula is C26H23FN6OS. The van der Waals surface area contributed by atoms with Gasteiger partial charge in [-0.05, 0) is 30.2 Å². The standard InChI is InChI=1S/C26H23FN6OS/c1-16(2)22-20(15-29-33(22)19-11-9-18(27)10-12-19)25(34)31-26-30-21(17-7-5-4-6-8-17)23(35-26)24-28-13-14-32(24)3/h4-16H,1-3H3,(H,30,31,34). The Labute approximate surface area is 205 Å². The third-order valence-corrected chi connectivity index (χ3v) is 6.56. The van der Waals surface area contributed by atoms with Gasteiger partial charge in [-0.15, -0.1) is 0 Å². The third kappa shape index (κ3) is 4.38. The fourth-order valence-corrected chi connectivity index (χ4v) is 4.96. The molecule has 0 atom stereocenters. The van der Waals surface area contributed by atoms with Gasteiger partial charge >= 0.3 is 0 Å². The van der Waals surface area contributed by atoms with Crippen LogP contribution in [0.2, 0.25) is 0 Å². The summed E-state index contributed by atoms with van der Waals surface area (Å²) in [5.74, 6) is 0.143. The second-order valence-corrected chi connectivity index (χ2v) is 9.36. The molecule has 0 saturated carbocycles. The molecule has 0 bridgehead atoms. The molecule has 0 spiro atoms. The van der Waals surface area contributed by atoms with Crippen LogP contribution in [0, 0.1) is 5.82 Å². The van der Waals surface area contributed by atoms with Crippen LogP contribution in [-0.2, 0) is 7.05 Å². The summed E-state index contributed by atoms with van der Waals surface area (Å²) in [6.45, 7) is 3.98. The van der Waals surface area contributed by atoms with Crippen molar-refractivity contribution in [3.05, 3.63) is 90.3 Å². The van der Waals surface area contributed by atoms with E-state index in [0.717, 1.165) is 27.7 Å². The summed E-state index contributed by atoms with van der Waals surface area (Å²) in [5, 5.41) is 7.85. The number of amides is 1. The number of imidazole rings is 1. The van der Waals surface area contributed by atoms with Crippen LogP contribution in [0.5, 0.6) is 0 Å². The van der Waals surface area contributed by atoms with E-state index in [-0.39, 0.29) is 17.6 Å². The van der Waals surface area contributed by atoms with Gasteiger partial charge in [0.05, 0.1) is 33.7 Å². The molecule has 35 heavy (non-hydrogen) atoms. The summed E-state index contributed by atoms with van der Waals surface area (Å²) in [6.07, 6.45) is 5.15. The second-order valence-electron chi connectivity index (χ2n) is 8.37. The first-order valence-electron chi connectivity index (χ1n) is 11.1. The average molecular weight is 487 g/mol. The average Bonchev–Trinajstić information content (AvgIpc) is 3.58. The first-order valence-corrected chi connectivity index (χ1v) is 11.9. The predicted octanol–water partition coefficient (Wildman–Crippen LogP) is 5.91. The number of thiazole rings is 1. The molecule has 3 heterocycles. The molecule has 0 saturated heterocycles.